The number of hydrogen-bond donors (Lipinski definition) is 3. The van der Waals surface area contributed by atoms with E-state index >= 15 is 0 Å². The van der Waals surface area contributed by atoms with E-state index in [0.29, 0.717) is 19.4 Å². The summed E-state index contributed by atoms with van der Waals surface area (Å²) < 4.78 is 5.76. The molecule has 1 amide bonds. The zero-order valence-corrected chi connectivity index (χ0v) is 13.0. The van der Waals surface area contributed by atoms with Gasteiger partial charge in [-0.3, -0.25) is 4.79 Å². The highest BCUT2D eigenvalue weighted by Crippen LogP contribution is 2.57. The standard InChI is InChI=1S/C15H26N2O4/c1-4-6-10(12(18)19)17-13(20)15(16)9-7-5-8-21-11(9)14(15,2)3/h9-11H,4-8,16H2,1-3H3,(H,17,20)(H,18,19)/t9?,10-,11?,15?/m0/s1. The van der Waals surface area contributed by atoms with E-state index in [1.807, 2.05) is 20.8 Å². The Morgan fingerprint density at radius 3 is 2.71 bits per heavy atom. The number of aliphatic carboxylic acids is 1. The second-order valence-electron chi connectivity index (χ2n) is 6.78. The number of ether oxygens (including phenoxy) is 1. The summed E-state index contributed by atoms with van der Waals surface area (Å²) in [5.41, 5.74) is 4.89. The minimum Gasteiger partial charge on any atom is -0.480 e. The fraction of sp³-hybridized carbons (Fsp3) is 0.867. The molecule has 1 heterocycles. The first-order valence-corrected chi connectivity index (χ1v) is 7.71. The van der Waals surface area contributed by atoms with Crippen LogP contribution in [0.1, 0.15) is 46.5 Å². The third-order valence-electron chi connectivity index (χ3n) is 5.24. The Bertz CT molecular complexity index is 437. The van der Waals surface area contributed by atoms with Crippen LogP contribution in [0.25, 0.3) is 0 Å². The second-order valence-corrected chi connectivity index (χ2v) is 6.78. The number of carbonyl (C=O) groups is 2. The number of carbonyl (C=O) groups excluding carboxylic acids is 1. The Hall–Kier alpha value is -1.14. The molecule has 0 bridgehead atoms. The van der Waals surface area contributed by atoms with E-state index in [0.717, 1.165) is 12.8 Å². The summed E-state index contributed by atoms with van der Waals surface area (Å²) in [7, 11) is 0. The van der Waals surface area contributed by atoms with Crippen molar-refractivity contribution in [3.05, 3.63) is 0 Å². The van der Waals surface area contributed by atoms with Crippen molar-refractivity contribution in [1.82, 2.24) is 5.32 Å². The maximum Gasteiger partial charge on any atom is 0.326 e. The highest BCUT2D eigenvalue weighted by molar-refractivity contribution is 5.92. The van der Waals surface area contributed by atoms with E-state index in [1.165, 1.54) is 0 Å². The summed E-state index contributed by atoms with van der Waals surface area (Å²) in [4.78, 5) is 23.9. The van der Waals surface area contributed by atoms with Crippen LogP contribution in [0.2, 0.25) is 0 Å². The minimum absolute atomic E-state index is 0.0172. The lowest BCUT2D eigenvalue weighted by Crippen LogP contribution is -2.82. The smallest absolute Gasteiger partial charge is 0.326 e. The Labute approximate surface area is 125 Å². The van der Waals surface area contributed by atoms with Gasteiger partial charge in [0, 0.05) is 17.9 Å². The minimum atomic E-state index is -1.06. The Morgan fingerprint density at radius 2 is 2.14 bits per heavy atom. The van der Waals surface area contributed by atoms with Crippen molar-refractivity contribution in [2.24, 2.45) is 17.1 Å². The number of hydrogen-bond acceptors (Lipinski definition) is 4. The zero-order valence-electron chi connectivity index (χ0n) is 13.0. The average molecular weight is 298 g/mol. The SMILES string of the molecule is CCC[C@H](NC(=O)C1(N)C2CCCOC2C1(C)C)C(=O)O. The number of rotatable bonds is 5. The maximum absolute atomic E-state index is 12.7. The van der Waals surface area contributed by atoms with Crippen molar-refractivity contribution >= 4 is 11.9 Å². The molecular weight excluding hydrogens is 272 g/mol. The monoisotopic (exact) mass is 298 g/mol. The largest absolute Gasteiger partial charge is 0.480 e. The number of carboxylic acids is 1. The molecule has 4 N–H and O–H groups in total. The number of nitrogens with two attached hydrogens (primary N) is 1. The van der Waals surface area contributed by atoms with Crippen LogP contribution in [0.5, 0.6) is 0 Å². The van der Waals surface area contributed by atoms with Crippen molar-refractivity contribution in [3.8, 4) is 0 Å². The van der Waals surface area contributed by atoms with E-state index in [1.54, 1.807) is 0 Å². The van der Waals surface area contributed by atoms with Gasteiger partial charge in [0.25, 0.3) is 0 Å². The molecule has 0 aromatic heterocycles. The normalized spacial score (nSPS) is 35.2. The van der Waals surface area contributed by atoms with Gasteiger partial charge in [-0.05, 0) is 19.3 Å². The van der Waals surface area contributed by atoms with Crippen molar-refractivity contribution in [2.75, 3.05) is 6.61 Å². The van der Waals surface area contributed by atoms with Gasteiger partial charge in [-0.2, -0.15) is 0 Å². The van der Waals surface area contributed by atoms with Crippen LogP contribution in [0, 0.1) is 11.3 Å². The lowest BCUT2D eigenvalue weighted by atomic mass is 9.46. The van der Waals surface area contributed by atoms with Crippen LogP contribution >= 0.6 is 0 Å². The van der Waals surface area contributed by atoms with Crippen molar-refractivity contribution in [3.63, 3.8) is 0 Å². The molecule has 1 saturated carbocycles. The predicted molar refractivity (Wildman–Crippen MR) is 77.6 cm³/mol. The maximum atomic E-state index is 12.7. The van der Waals surface area contributed by atoms with Crippen molar-refractivity contribution < 1.29 is 19.4 Å². The Kier molecular flexibility index (Phi) is 4.31. The fourth-order valence-corrected chi connectivity index (χ4v) is 3.86. The highest BCUT2D eigenvalue weighted by Gasteiger charge is 2.70. The first-order valence-electron chi connectivity index (χ1n) is 7.71. The van der Waals surface area contributed by atoms with Crippen LogP contribution in [-0.4, -0.2) is 41.3 Å². The molecule has 6 heteroatoms. The van der Waals surface area contributed by atoms with Crippen LogP contribution < -0.4 is 11.1 Å². The lowest BCUT2D eigenvalue weighted by molar-refractivity contribution is -0.225. The molecule has 120 valence electrons. The van der Waals surface area contributed by atoms with Gasteiger partial charge in [-0.1, -0.05) is 27.2 Å². The lowest BCUT2D eigenvalue weighted by Gasteiger charge is -2.65. The molecule has 0 aromatic carbocycles. The average Bonchev–Trinajstić information content (AvgIpc) is 2.45. The molecule has 4 atom stereocenters. The van der Waals surface area contributed by atoms with Crippen LogP contribution in [0.3, 0.4) is 0 Å². The van der Waals surface area contributed by atoms with Gasteiger partial charge in [0.05, 0.1) is 6.10 Å². The molecule has 6 nitrogen and oxygen atoms in total. The molecule has 1 aliphatic heterocycles. The topological polar surface area (TPSA) is 102 Å². The van der Waals surface area contributed by atoms with Gasteiger partial charge in [0.15, 0.2) is 0 Å². The van der Waals surface area contributed by atoms with E-state index in [2.05, 4.69) is 5.32 Å². The summed E-state index contributed by atoms with van der Waals surface area (Å²) in [6.07, 6.45) is 2.82. The molecule has 1 aliphatic carbocycles. The predicted octanol–water partition coefficient (Wildman–Crippen LogP) is 0.888. The Balaban J connectivity index is 2.15. The highest BCUT2D eigenvalue weighted by atomic mass is 16.5. The third-order valence-corrected chi connectivity index (χ3v) is 5.24. The number of nitrogens with one attached hydrogen (secondary N) is 1. The van der Waals surface area contributed by atoms with E-state index in [9.17, 15) is 14.7 Å². The number of carboxylic acid groups (broad SMARTS) is 1. The van der Waals surface area contributed by atoms with E-state index in [-0.39, 0.29) is 17.9 Å². The van der Waals surface area contributed by atoms with E-state index < -0.39 is 23.0 Å². The summed E-state index contributed by atoms with van der Waals surface area (Å²) in [5.74, 6) is -1.40. The molecule has 2 rings (SSSR count). The number of amides is 1. The summed E-state index contributed by atoms with van der Waals surface area (Å²) in [6, 6.07) is -0.873. The van der Waals surface area contributed by atoms with Gasteiger partial charge in [0.2, 0.25) is 5.91 Å². The van der Waals surface area contributed by atoms with Crippen molar-refractivity contribution in [1.29, 1.82) is 0 Å². The first-order chi connectivity index (χ1) is 9.76. The zero-order chi connectivity index (χ0) is 15.8. The summed E-state index contributed by atoms with van der Waals surface area (Å²) in [5, 5.41) is 11.8. The van der Waals surface area contributed by atoms with Crippen LogP contribution in [0.15, 0.2) is 0 Å². The molecule has 21 heavy (non-hydrogen) atoms. The van der Waals surface area contributed by atoms with Gasteiger partial charge in [-0.25, -0.2) is 4.79 Å². The first kappa shape index (κ1) is 16.2. The molecule has 0 spiro atoms. The summed E-state index contributed by atoms with van der Waals surface area (Å²) in [6.45, 7) is 6.44. The van der Waals surface area contributed by atoms with Gasteiger partial charge < -0.3 is 20.9 Å². The second kappa shape index (κ2) is 5.57. The molecule has 0 radical (unpaired) electrons. The van der Waals surface area contributed by atoms with Crippen molar-refractivity contribution in [2.45, 2.75) is 64.1 Å². The molecule has 2 fully saturated rings. The molecule has 1 saturated heterocycles. The molecule has 0 aromatic rings. The summed E-state index contributed by atoms with van der Waals surface area (Å²) >= 11 is 0. The van der Waals surface area contributed by atoms with Crippen LogP contribution in [0.4, 0.5) is 0 Å². The molecule has 2 aliphatic rings. The molecule has 3 unspecified atom stereocenters. The van der Waals surface area contributed by atoms with E-state index in [4.69, 9.17) is 10.5 Å². The van der Waals surface area contributed by atoms with Crippen LogP contribution in [-0.2, 0) is 14.3 Å². The molecular formula is C15H26N2O4. The van der Waals surface area contributed by atoms with Gasteiger partial charge in [-0.15, -0.1) is 0 Å². The fourth-order valence-electron chi connectivity index (χ4n) is 3.86. The van der Waals surface area contributed by atoms with Gasteiger partial charge in [0.1, 0.15) is 11.6 Å². The number of fused-ring (bicyclic) bond motifs is 1. The van der Waals surface area contributed by atoms with Gasteiger partial charge >= 0.3 is 5.97 Å². The Morgan fingerprint density at radius 1 is 1.48 bits per heavy atom. The quantitative estimate of drug-likeness (QED) is 0.699. The third kappa shape index (κ3) is 2.34.